The molecule has 0 bridgehead atoms. The topological polar surface area (TPSA) is 7.76 Å². The van der Waals surface area contributed by atoms with Gasteiger partial charge in [-0.25, -0.2) is 9.13 Å². The van der Waals surface area contributed by atoms with Crippen molar-refractivity contribution in [1.82, 2.24) is 0 Å². The molecule has 24 heavy (non-hydrogen) atoms. The lowest BCUT2D eigenvalue weighted by molar-refractivity contribution is -0.700. The number of aryl methyl sites for hydroxylation is 3. The van der Waals surface area contributed by atoms with E-state index in [1.807, 2.05) is 0 Å². The zero-order valence-corrected chi connectivity index (χ0v) is 17.2. The van der Waals surface area contributed by atoms with Gasteiger partial charge in [-0.15, -0.1) is 0 Å². The van der Waals surface area contributed by atoms with Crippen LogP contribution in [0.15, 0.2) is 30.7 Å². The standard InChI is InChI=1S/C14H24N.C8H12N/c1-8-15-9-13(14(5,6)7)11(3)10(2)12(15)4;1-3-9-6-4-5-8(2)7-9/h9H,8H2,1-7H3;4-7H,3H2,1-2H3/q2*+1. The summed E-state index contributed by atoms with van der Waals surface area (Å²) in [7, 11) is 0. The van der Waals surface area contributed by atoms with Crippen molar-refractivity contribution in [3.8, 4) is 0 Å². The lowest BCUT2D eigenvalue weighted by Gasteiger charge is -2.22. The van der Waals surface area contributed by atoms with E-state index in [0.29, 0.717) is 0 Å². The van der Waals surface area contributed by atoms with Crippen molar-refractivity contribution in [2.45, 2.75) is 80.8 Å². The molecule has 132 valence electrons. The Morgan fingerprint density at radius 1 is 0.875 bits per heavy atom. The van der Waals surface area contributed by atoms with Crippen LogP contribution in [-0.4, -0.2) is 0 Å². The van der Waals surface area contributed by atoms with E-state index in [-0.39, 0.29) is 5.41 Å². The summed E-state index contributed by atoms with van der Waals surface area (Å²) in [4.78, 5) is 0. The van der Waals surface area contributed by atoms with Crippen LogP contribution < -0.4 is 9.13 Å². The number of nitrogens with zero attached hydrogens (tertiary/aromatic N) is 2. The van der Waals surface area contributed by atoms with E-state index in [4.69, 9.17) is 0 Å². The van der Waals surface area contributed by atoms with Crippen LogP contribution in [0.1, 0.15) is 62.6 Å². The SMILES string of the molecule is CC[n+]1cc(C(C)(C)C)c(C)c(C)c1C.CC[n+]1cccc(C)c1. The van der Waals surface area contributed by atoms with Crippen molar-refractivity contribution >= 4 is 0 Å². The predicted octanol–water partition coefficient (Wildman–Crippen LogP) is 4.52. The first-order chi connectivity index (χ1) is 11.1. The van der Waals surface area contributed by atoms with Gasteiger partial charge in [0.25, 0.3) is 0 Å². The zero-order chi connectivity index (χ0) is 18.5. The summed E-state index contributed by atoms with van der Waals surface area (Å²) in [6, 6.07) is 4.17. The van der Waals surface area contributed by atoms with E-state index in [0.717, 1.165) is 13.1 Å². The molecule has 0 saturated heterocycles. The number of hydrogen-bond acceptors (Lipinski definition) is 0. The second-order valence-corrected chi connectivity index (χ2v) is 7.63. The fourth-order valence-corrected chi connectivity index (χ4v) is 2.97. The molecule has 0 aliphatic heterocycles. The zero-order valence-electron chi connectivity index (χ0n) is 17.2. The molecule has 2 aromatic rings. The maximum Gasteiger partial charge on any atom is 0.181 e. The van der Waals surface area contributed by atoms with Crippen LogP contribution in [0.25, 0.3) is 0 Å². The quantitative estimate of drug-likeness (QED) is 0.716. The van der Waals surface area contributed by atoms with Crippen molar-refractivity contribution < 1.29 is 9.13 Å². The van der Waals surface area contributed by atoms with Gasteiger partial charge in [-0.2, -0.15) is 0 Å². The summed E-state index contributed by atoms with van der Waals surface area (Å²) in [5.41, 5.74) is 7.29. The summed E-state index contributed by atoms with van der Waals surface area (Å²) in [6.45, 7) is 22.1. The highest BCUT2D eigenvalue weighted by molar-refractivity contribution is 5.35. The number of aromatic nitrogens is 2. The van der Waals surface area contributed by atoms with E-state index < -0.39 is 0 Å². The lowest BCUT2D eigenvalue weighted by Crippen LogP contribution is -2.39. The summed E-state index contributed by atoms with van der Waals surface area (Å²) in [5.74, 6) is 0. The fourth-order valence-electron chi connectivity index (χ4n) is 2.97. The maximum absolute atomic E-state index is 2.35. The van der Waals surface area contributed by atoms with Crippen LogP contribution in [0.2, 0.25) is 0 Å². The van der Waals surface area contributed by atoms with E-state index >= 15 is 0 Å². The van der Waals surface area contributed by atoms with Crippen molar-refractivity contribution in [3.63, 3.8) is 0 Å². The Morgan fingerprint density at radius 3 is 1.92 bits per heavy atom. The van der Waals surface area contributed by atoms with Gasteiger partial charge < -0.3 is 0 Å². The first kappa shape index (κ1) is 20.3. The smallest absolute Gasteiger partial charge is 0.181 e. The van der Waals surface area contributed by atoms with Gasteiger partial charge >= 0.3 is 0 Å². The normalized spacial score (nSPS) is 11.0. The van der Waals surface area contributed by atoms with Crippen LogP contribution in [0.3, 0.4) is 0 Å². The molecule has 0 spiro atoms. The second-order valence-electron chi connectivity index (χ2n) is 7.63. The largest absolute Gasteiger partial charge is 0.205 e. The van der Waals surface area contributed by atoms with Crippen LogP contribution in [-0.2, 0) is 18.5 Å². The average Bonchev–Trinajstić information content (AvgIpc) is 2.52. The summed E-state index contributed by atoms with van der Waals surface area (Å²) in [6.07, 6.45) is 6.53. The molecule has 2 aromatic heterocycles. The number of rotatable bonds is 2. The Morgan fingerprint density at radius 2 is 1.50 bits per heavy atom. The number of pyridine rings is 2. The monoisotopic (exact) mass is 328 g/mol. The first-order valence-electron chi connectivity index (χ1n) is 9.08. The molecule has 2 nitrogen and oxygen atoms in total. The third-order valence-electron chi connectivity index (χ3n) is 4.74. The minimum atomic E-state index is 0.236. The van der Waals surface area contributed by atoms with Gasteiger partial charge in [0.2, 0.25) is 0 Å². The van der Waals surface area contributed by atoms with Crippen LogP contribution in [0.4, 0.5) is 0 Å². The molecule has 0 saturated carbocycles. The maximum atomic E-state index is 2.35. The molecule has 2 rings (SSSR count). The predicted molar refractivity (Wildman–Crippen MR) is 102 cm³/mol. The number of hydrogen-bond donors (Lipinski definition) is 0. The molecule has 0 N–H and O–H groups in total. The van der Waals surface area contributed by atoms with Gasteiger partial charge in [0.15, 0.2) is 24.3 Å². The van der Waals surface area contributed by atoms with Gasteiger partial charge in [-0.05, 0) is 51.7 Å². The van der Waals surface area contributed by atoms with Crippen molar-refractivity contribution in [2.75, 3.05) is 0 Å². The third-order valence-corrected chi connectivity index (χ3v) is 4.74. The highest BCUT2D eigenvalue weighted by Gasteiger charge is 2.23. The minimum absolute atomic E-state index is 0.236. The van der Waals surface area contributed by atoms with Crippen LogP contribution >= 0.6 is 0 Å². The second kappa shape index (κ2) is 8.41. The summed E-state index contributed by atoms with van der Waals surface area (Å²) in [5, 5.41) is 0. The summed E-state index contributed by atoms with van der Waals surface area (Å²) >= 11 is 0. The molecule has 0 amide bonds. The van der Waals surface area contributed by atoms with E-state index in [1.54, 1.807) is 0 Å². The molecule has 0 radical (unpaired) electrons. The Labute approximate surface area is 149 Å². The molecule has 0 atom stereocenters. The Balaban J connectivity index is 0.000000272. The molecular weight excluding hydrogens is 292 g/mol. The highest BCUT2D eigenvalue weighted by atomic mass is 14.9. The van der Waals surface area contributed by atoms with E-state index in [9.17, 15) is 0 Å². The molecule has 0 aliphatic carbocycles. The third kappa shape index (κ3) is 5.15. The van der Waals surface area contributed by atoms with Crippen molar-refractivity contribution in [1.29, 1.82) is 0 Å². The first-order valence-corrected chi connectivity index (χ1v) is 9.08. The Kier molecular flexibility index (Phi) is 7.13. The molecule has 0 aliphatic rings. The van der Waals surface area contributed by atoms with Crippen molar-refractivity contribution in [2.24, 2.45) is 0 Å². The van der Waals surface area contributed by atoms with Gasteiger partial charge in [0.05, 0.1) is 0 Å². The molecule has 0 unspecified atom stereocenters. The van der Waals surface area contributed by atoms with Crippen LogP contribution in [0, 0.1) is 27.7 Å². The minimum Gasteiger partial charge on any atom is -0.205 e. The molecule has 0 fully saturated rings. The lowest BCUT2D eigenvalue weighted by atomic mass is 9.83. The molecule has 2 heterocycles. The van der Waals surface area contributed by atoms with Crippen molar-refractivity contribution in [3.05, 3.63) is 58.7 Å². The summed E-state index contributed by atoms with van der Waals surface area (Å²) < 4.78 is 4.51. The van der Waals surface area contributed by atoms with Gasteiger partial charge in [-0.1, -0.05) is 20.8 Å². The van der Waals surface area contributed by atoms with Gasteiger partial charge in [0.1, 0.15) is 13.1 Å². The van der Waals surface area contributed by atoms with E-state index in [1.165, 1.54) is 27.9 Å². The highest BCUT2D eigenvalue weighted by Crippen LogP contribution is 2.26. The molecule has 2 heteroatoms. The van der Waals surface area contributed by atoms with E-state index in [2.05, 4.69) is 102 Å². The van der Waals surface area contributed by atoms with Crippen LogP contribution in [0.5, 0.6) is 0 Å². The Hall–Kier alpha value is -1.70. The fraction of sp³-hybridized carbons (Fsp3) is 0.545. The van der Waals surface area contributed by atoms with Gasteiger partial charge in [-0.3, -0.25) is 0 Å². The van der Waals surface area contributed by atoms with Gasteiger partial charge in [0, 0.05) is 29.7 Å². The average molecular weight is 329 g/mol. The Bertz CT molecular complexity index is 679. The molecular formula is C22H36N2+2. The molecule has 0 aromatic carbocycles.